The second kappa shape index (κ2) is 7.68. The van der Waals surface area contributed by atoms with Crippen LogP contribution in [0, 0.1) is 0 Å². The molecule has 0 N–H and O–H groups in total. The van der Waals surface area contributed by atoms with E-state index in [0.29, 0.717) is 44.2 Å². The summed E-state index contributed by atoms with van der Waals surface area (Å²) in [7, 11) is -2.36. The Morgan fingerprint density at radius 1 is 1.14 bits per heavy atom. The van der Waals surface area contributed by atoms with Crippen molar-refractivity contribution >= 4 is 21.6 Å². The monoisotopic (exact) mass is 416 g/mol. The number of benzene rings is 2. The number of methoxy groups -OCH3 is 1. The second-order valence-electron chi connectivity index (χ2n) is 7.25. The maximum atomic E-state index is 13.5. The van der Waals surface area contributed by atoms with Crippen molar-refractivity contribution in [2.24, 2.45) is 0 Å². The highest BCUT2D eigenvalue weighted by Gasteiger charge is 2.36. The number of rotatable bonds is 4. The van der Waals surface area contributed by atoms with E-state index in [1.165, 1.54) is 23.5 Å². The van der Waals surface area contributed by atoms with Gasteiger partial charge in [-0.3, -0.25) is 9.10 Å². The van der Waals surface area contributed by atoms with E-state index in [9.17, 15) is 13.2 Å². The molecule has 2 aliphatic rings. The lowest BCUT2D eigenvalue weighted by atomic mass is 10.1. The Hall–Kier alpha value is -2.58. The molecular weight excluding hydrogens is 392 g/mol. The Morgan fingerprint density at radius 2 is 1.86 bits per heavy atom. The van der Waals surface area contributed by atoms with Crippen LogP contribution >= 0.6 is 0 Å². The lowest BCUT2D eigenvalue weighted by molar-refractivity contribution is 0.0300. The number of carbonyl (C=O) groups is 1. The first-order chi connectivity index (χ1) is 13.9. The zero-order valence-corrected chi connectivity index (χ0v) is 17.3. The topological polar surface area (TPSA) is 76.2 Å². The summed E-state index contributed by atoms with van der Waals surface area (Å²) in [5, 5.41) is 0. The lowest BCUT2D eigenvalue weighted by Crippen LogP contribution is -2.41. The third-order valence-electron chi connectivity index (χ3n) is 5.40. The van der Waals surface area contributed by atoms with E-state index in [0.717, 1.165) is 5.56 Å². The number of anilines is 1. The molecule has 0 spiro atoms. The number of carbonyl (C=O) groups excluding carboxylic acids is 1. The van der Waals surface area contributed by atoms with Crippen molar-refractivity contribution in [3.8, 4) is 5.75 Å². The van der Waals surface area contributed by atoms with Crippen LogP contribution in [0.2, 0.25) is 0 Å². The second-order valence-corrected chi connectivity index (χ2v) is 9.06. The summed E-state index contributed by atoms with van der Waals surface area (Å²) < 4.78 is 39.1. The van der Waals surface area contributed by atoms with Gasteiger partial charge in [0.05, 0.1) is 36.5 Å². The van der Waals surface area contributed by atoms with Crippen molar-refractivity contribution in [3.63, 3.8) is 0 Å². The van der Waals surface area contributed by atoms with Crippen molar-refractivity contribution in [1.82, 2.24) is 4.90 Å². The molecule has 0 saturated carbocycles. The van der Waals surface area contributed by atoms with Gasteiger partial charge in [-0.2, -0.15) is 0 Å². The first-order valence-electron chi connectivity index (χ1n) is 9.61. The lowest BCUT2D eigenvalue weighted by Gasteiger charge is -2.28. The molecule has 2 aromatic rings. The molecule has 0 unspecified atom stereocenters. The fourth-order valence-electron chi connectivity index (χ4n) is 3.97. The SMILES string of the molecule is COc1ccc(S(=O)(=O)N2c3ccccc3C[C@H]2C)cc1C(=O)N1CCOCC1. The molecule has 1 atom stereocenters. The minimum Gasteiger partial charge on any atom is -0.496 e. The molecule has 0 aromatic heterocycles. The summed E-state index contributed by atoms with van der Waals surface area (Å²) in [6, 6.07) is 11.8. The van der Waals surface area contributed by atoms with Gasteiger partial charge in [0, 0.05) is 19.1 Å². The van der Waals surface area contributed by atoms with Crippen molar-refractivity contribution in [2.75, 3.05) is 37.7 Å². The number of amides is 1. The number of ether oxygens (including phenoxy) is 2. The summed E-state index contributed by atoms with van der Waals surface area (Å²) in [5.41, 5.74) is 1.94. The van der Waals surface area contributed by atoms with Gasteiger partial charge in [0.25, 0.3) is 15.9 Å². The average Bonchev–Trinajstić information content (AvgIpc) is 3.09. The summed E-state index contributed by atoms with van der Waals surface area (Å²) in [4.78, 5) is 14.8. The molecule has 7 nitrogen and oxygen atoms in total. The molecule has 0 aliphatic carbocycles. The molecule has 2 aromatic carbocycles. The maximum absolute atomic E-state index is 13.5. The van der Waals surface area contributed by atoms with Crippen LogP contribution in [0.25, 0.3) is 0 Å². The molecule has 154 valence electrons. The van der Waals surface area contributed by atoms with Crippen molar-refractivity contribution in [1.29, 1.82) is 0 Å². The summed E-state index contributed by atoms with van der Waals surface area (Å²) in [6.07, 6.45) is 0.658. The standard InChI is InChI=1S/C21H24N2O5S/c1-15-13-16-5-3-4-6-19(16)23(15)29(25,26)17-7-8-20(27-2)18(14-17)21(24)22-9-11-28-12-10-22/h3-8,14-15H,9-13H2,1-2H3/t15-/m1/s1. The summed E-state index contributed by atoms with van der Waals surface area (Å²) >= 11 is 0. The van der Waals surface area contributed by atoms with Crippen molar-refractivity contribution < 1.29 is 22.7 Å². The van der Waals surface area contributed by atoms with Gasteiger partial charge in [-0.25, -0.2) is 8.42 Å². The Bertz CT molecular complexity index is 1030. The third kappa shape index (κ3) is 3.47. The van der Waals surface area contributed by atoms with Crippen LogP contribution in [-0.2, 0) is 21.2 Å². The van der Waals surface area contributed by atoms with Crippen molar-refractivity contribution in [2.45, 2.75) is 24.3 Å². The summed E-state index contributed by atoms with van der Waals surface area (Å²) in [6.45, 7) is 3.76. The minimum atomic E-state index is -3.83. The van der Waals surface area contributed by atoms with Crippen LogP contribution < -0.4 is 9.04 Å². The molecule has 8 heteroatoms. The number of fused-ring (bicyclic) bond motifs is 1. The maximum Gasteiger partial charge on any atom is 0.264 e. The number of hydrogen-bond donors (Lipinski definition) is 0. The highest BCUT2D eigenvalue weighted by Crippen LogP contribution is 2.37. The first-order valence-corrected chi connectivity index (χ1v) is 11.0. The normalized spacial score (nSPS) is 19.2. The molecule has 0 bridgehead atoms. The minimum absolute atomic E-state index is 0.0819. The van der Waals surface area contributed by atoms with E-state index in [1.54, 1.807) is 11.0 Å². The highest BCUT2D eigenvalue weighted by molar-refractivity contribution is 7.92. The van der Waals surface area contributed by atoms with Crippen LogP contribution in [-0.4, -0.2) is 58.7 Å². The first kappa shape index (κ1) is 19.7. The van der Waals surface area contributed by atoms with E-state index >= 15 is 0 Å². The molecule has 4 rings (SSSR count). The van der Waals surface area contributed by atoms with Gasteiger partial charge in [0.1, 0.15) is 5.75 Å². The molecule has 2 aliphatic heterocycles. The van der Waals surface area contributed by atoms with E-state index in [4.69, 9.17) is 9.47 Å². The predicted molar refractivity (Wildman–Crippen MR) is 109 cm³/mol. The molecule has 2 heterocycles. The van der Waals surface area contributed by atoms with Gasteiger partial charge < -0.3 is 14.4 Å². The Kier molecular flexibility index (Phi) is 5.23. The fourth-order valence-corrected chi connectivity index (χ4v) is 5.69. The smallest absolute Gasteiger partial charge is 0.264 e. The van der Waals surface area contributed by atoms with Gasteiger partial charge in [0.2, 0.25) is 0 Å². The van der Waals surface area contributed by atoms with E-state index < -0.39 is 10.0 Å². The van der Waals surface area contributed by atoms with E-state index in [1.807, 2.05) is 31.2 Å². The Morgan fingerprint density at radius 3 is 2.59 bits per heavy atom. The van der Waals surface area contributed by atoms with Crippen LogP contribution in [0.3, 0.4) is 0 Å². The van der Waals surface area contributed by atoms with Crippen LogP contribution in [0.4, 0.5) is 5.69 Å². The van der Waals surface area contributed by atoms with E-state index in [2.05, 4.69) is 0 Å². The molecule has 1 fully saturated rings. The predicted octanol–water partition coefficient (Wildman–Crippen LogP) is 2.31. The van der Waals surface area contributed by atoms with Crippen LogP contribution in [0.15, 0.2) is 47.4 Å². The van der Waals surface area contributed by atoms with Gasteiger partial charge in [-0.05, 0) is 43.2 Å². The van der Waals surface area contributed by atoms with Crippen LogP contribution in [0.5, 0.6) is 5.75 Å². The number of hydrogen-bond acceptors (Lipinski definition) is 5. The molecular formula is C21H24N2O5S. The number of nitrogens with zero attached hydrogens (tertiary/aromatic N) is 2. The zero-order valence-electron chi connectivity index (χ0n) is 16.5. The zero-order chi connectivity index (χ0) is 20.6. The third-order valence-corrected chi connectivity index (χ3v) is 7.33. The van der Waals surface area contributed by atoms with Crippen LogP contribution in [0.1, 0.15) is 22.8 Å². The van der Waals surface area contributed by atoms with Gasteiger partial charge in [0.15, 0.2) is 0 Å². The highest BCUT2D eigenvalue weighted by atomic mass is 32.2. The quantitative estimate of drug-likeness (QED) is 0.765. The Balaban J connectivity index is 1.74. The molecule has 1 amide bonds. The summed E-state index contributed by atoms with van der Waals surface area (Å²) in [5.74, 6) is 0.104. The van der Waals surface area contributed by atoms with Gasteiger partial charge in [-0.1, -0.05) is 18.2 Å². The number of sulfonamides is 1. The van der Waals surface area contributed by atoms with Gasteiger partial charge >= 0.3 is 0 Å². The fraction of sp³-hybridized carbons (Fsp3) is 0.381. The van der Waals surface area contributed by atoms with Crippen molar-refractivity contribution in [3.05, 3.63) is 53.6 Å². The Labute approximate surface area is 170 Å². The largest absolute Gasteiger partial charge is 0.496 e. The molecule has 0 radical (unpaired) electrons. The number of morpholine rings is 1. The number of para-hydroxylation sites is 1. The molecule has 29 heavy (non-hydrogen) atoms. The average molecular weight is 416 g/mol. The van der Waals surface area contributed by atoms with E-state index in [-0.39, 0.29) is 22.4 Å². The molecule has 1 saturated heterocycles. The van der Waals surface area contributed by atoms with Gasteiger partial charge in [-0.15, -0.1) is 0 Å².